The Balaban J connectivity index is 1.98. The van der Waals surface area contributed by atoms with E-state index in [2.05, 4.69) is 5.32 Å². The summed E-state index contributed by atoms with van der Waals surface area (Å²) in [4.78, 5) is 33.1. The van der Waals surface area contributed by atoms with E-state index in [0.29, 0.717) is 28.5 Å². The average Bonchev–Trinajstić information content (AvgIpc) is 2.83. The molecule has 0 amide bonds. The Morgan fingerprint density at radius 1 is 0.824 bits per heavy atom. The number of rotatable bonds is 6. The Labute approximate surface area is 199 Å². The highest BCUT2D eigenvalue weighted by molar-refractivity contribution is 6.00. The Bertz CT molecular complexity index is 1170. The molecule has 2 aromatic carbocycles. The van der Waals surface area contributed by atoms with E-state index in [-0.39, 0.29) is 13.2 Å². The first-order chi connectivity index (χ1) is 16.5. The van der Waals surface area contributed by atoms with Gasteiger partial charge >= 0.3 is 11.9 Å². The Morgan fingerprint density at radius 2 is 1.29 bits per heavy atom. The topological polar surface area (TPSA) is 80.2 Å². The van der Waals surface area contributed by atoms with Crippen LogP contribution in [0.3, 0.4) is 0 Å². The van der Waals surface area contributed by atoms with E-state index in [1.54, 1.807) is 13.8 Å². The Morgan fingerprint density at radius 3 is 1.79 bits per heavy atom. The minimum atomic E-state index is -0.525. The first-order valence-electron chi connectivity index (χ1n) is 11.5. The Hall–Kier alpha value is -3.87. The Kier molecular flexibility index (Phi) is 6.82. The number of fused-ring (bicyclic) bond motifs is 1. The minimum absolute atomic E-state index is 0.251. The lowest BCUT2D eigenvalue weighted by atomic mass is 9.87. The first-order valence-corrected chi connectivity index (χ1v) is 11.5. The maximum absolute atomic E-state index is 13.2. The number of hydrogen-bond acceptors (Lipinski definition) is 7. The van der Waals surface area contributed by atoms with Crippen LogP contribution in [-0.2, 0) is 19.1 Å². The third-order valence-corrected chi connectivity index (χ3v) is 5.94. The minimum Gasteiger partial charge on any atom is -0.463 e. The summed E-state index contributed by atoms with van der Waals surface area (Å²) in [7, 11) is 0. The number of hydrogen-bond donors (Lipinski definition) is 1. The number of allylic oxidation sites excluding steroid dienone is 2. The summed E-state index contributed by atoms with van der Waals surface area (Å²) < 4.78 is 10.9. The number of ether oxygens (including phenoxy) is 2. The molecule has 34 heavy (non-hydrogen) atoms. The molecular weight excluding hydrogens is 430 g/mol. The fourth-order valence-corrected chi connectivity index (χ4v) is 4.55. The predicted molar refractivity (Wildman–Crippen MR) is 129 cm³/mol. The molecule has 2 atom stereocenters. The summed E-state index contributed by atoms with van der Waals surface area (Å²) in [6, 6.07) is 18.4. The van der Waals surface area contributed by atoms with Gasteiger partial charge in [-0.05, 0) is 38.8 Å². The van der Waals surface area contributed by atoms with Crippen molar-refractivity contribution in [1.82, 2.24) is 10.2 Å². The van der Waals surface area contributed by atoms with Crippen LogP contribution in [0, 0.1) is 0 Å². The van der Waals surface area contributed by atoms with Crippen LogP contribution >= 0.6 is 0 Å². The number of esters is 2. The van der Waals surface area contributed by atoms with Crippen LogP contribution in [0.15, 0.2) is 88.2 Å². The van der Waals surface area contributed by atoms with Crippen molar-refractivity contribution in [3.63, 3.8) is 0 Å². The van der Waals surface area contributed by atoms with Gasteiger partial charge in [-0.15, -0.1) is 0 Å². The van der Waals surface area contributed by atoms with E-state index in [0.717, 1.165) is 11.1 Å². The summed E-state index contributed by atoms with van der Waals surface area (Å²) in [6.45, 7) is 7.73. The average molecular weight is 460 g/mol. The highest BCUT2D eigenvalue weighted by atomic mass is 16.5. The molecular formula is C27H29N3O4. The van der Waals surface area contributed by atoms with Gasteiger partial charge in [-0.3, -0.25) is 0 Å². The zero-order valence-corrected chi connectivity index (χ0v) is 19.9. The molecule has 2 unspecified atom stereocenters. The van der Waals surface area contributed by atoms with Crippen LogP contribution < -0.4 is 5.32 Å². The summed E-state index contributed by atoms with van der Waals surface area (Å²) in [6.07, 6.45) is 0. The molecule has 0 bridgehead atoms. The molecule has 0 spiro atoms. The highest BCUT2D eigenvalue weighted by Crippen LogP contribution is 2.45. The van der Waals surface area contributed by atoms with Crippen molar-refractivity contribution >= 4 is 17.9 Å². The predicted octanol–water partition coefficient (Wildman–Crippen LogP) is 4.42. The standard InChI is InChI=1S/C27H29N3O4/c1-5-33-25(31)21-17(3)28-27-29-18(4)22(26(32)34-6-2)24(20-15-11-8-12-16-20)30(27)23(21)19-13-9-7-10-14-19/h7-16,23-24H,5-6H2,1-4H3,(H,28,29). The molecule has 0 aromatic heterocycles. The van der Waals surface area contributed by atoms with Crippen LogP contribution in [0.25, 0.3) is 0 Å². The zero-order chi connectivity index (χ0) is 24.2. The lowest BCUT2D eigenvalue weighted by Gasteiger charge is -2.47. The van der Waals surface area contributed by atoms with E-state index in [1.807, 2.05) is 79.4 Å². The van der Waals surface area contributed by atoms with Crippen LogP contribution in [-0.4, -0.2) is 36.0 Å². The van der Waals surface area contributed by atoms with E-state index in [4.69, 9.17) is 14.5 Å². The van der Waals surface area contributed by atoms with Crippen LogP contribution in [0.5, 0.6) is 0 Å². The van der Waals surface area contributed by atoms with E-state index in [9.17, 15) is 9.59 Å². The number of guanidine groups is 1. The smallest absolute Gasteiger partial charge is 0.338 e. The second kappa shape index (κ2) is 9.95. The molecule has 7 nitrogen and oxygen atoms in total. The van der Waals surface area contributed by atoms with Crippen molar-refractivity contribution < 1.29 is 19.1 Å². The number of carbonyl (C=O) groups excluding carboxylic acids is 2. The molecule has 2 aliphatic rings. The third-order valence-electron chi connectivity index (χ3n) is 5.94. The number of benzene rings is 2. The highest BCUT2D eigenvalue weighted by Gasteiger charge is 2.46. The monoisotopic (exact) mass is 459 g/mol. The second-order valence-corrected chi connectivity index (χ2v) is 8.07. The van der Waals surface area contributed by atoms with Crippen molar-refractivity contribution in [3.8, 4) is 0 Å². The van der Waals surface area contributed by atoms with E-state index < -0.39 is 24.0 Å². The van der Waals surface area contributed by atoms with Crippen molar-refractivity contribution in [1.29, 1.82) is 0 Å². The summed E-state index contributed by atoms with van der Waals surface area (Å²) >= 11 is 0. The normalized spacial score (nSPS) is 19.8. The summed E-state index contributed by atoms with van der Waals surface area (Å²) in [5, 5.41) is 3.30. The number of nitrogens with zero attached hydrogens (tertiary/aromatic N) is 2. The van der Waals surface area contributed by atoms with Gasteiger partial charge in [0.05, 0.1) is 42.1 Å². The van der Waals surface area contributed by atoms with Crippen LogP contribution in [0.2, 0.25) is 0 Å². The SMILES string of the molecule is CCOC(=O)C1=C(C)N=C2NC(C)=C(C(=O)OCC)C(c3ccccc3)N2C1c1ccccc1. The lowest BCUT2D eigenvalue weighted by Crippen LogP contribution is -2.53. The number of carbonyl (C=O) groups is 2. The fourth-order valence-electron chi connectivity index (χ4n) is 4.55. The van der Waals surface area contributed by atoms with Crippen LogP contribution in [0.1, 0.15) is 50.9 Å². The summed E-state index contributed by atoms with van der Waals surface area (Å²) in [5.74, 6) is -0.262. The van der Waals surface area contributed by atoms with Crippen LogP contribution in [0.4, 0.5) is 0 Å². The van der Waals surface area contributed by atoms with Gasteiger partial charge in [0.1, 0.15) is 0 Å². The van der Waals surface area contributed by atoms with Gasteiger partial charge in [0.2, 0.25) is 5.96 Å². The molecule has 2 aromatic rings. The lowest BCUT2D eigenvalue weighted by molar-refractivity contribution is -0.139. The molecule has 0 radical (unpaired) electrons. The molecule has 2 aliphatic heterocycles. The summed E-state index contributed by atoms with van der Waals surface area (Å²) in [5.41, 5.74) is 3.95. The second-order valence-electron chi connectivity index (χ2n) is 8.07. The van der Waals surface area contributed by atoms with Crippen molar-refractivity contribution in [2.24, 2.45) is 4.99 Å². The van der Waals surface area contributed by atoms with Crippen molar-refractivity contribution in [2.45, 2.75) is 39.8 Å². The van der Waals surface area contributed by atoms with Gasteiger partial charge in [0.15, 0.2) is 0 Å². The molecule has 7 heteroatoms. The van der Waals surface area contributed by atoms with Gasteiger partial charge in [-0.2, -0.15) is 0 Å². The molecule has 4 rings (SSSR count). The molecule has 1 N–H and O–H groups in total. The molecule has 0 saturated heterocycles. The molecule has 176 valence electrons. The van der Waals surface area contributed by atoms with E-state index >= 15 is 0 Å². The van der Waals surface area contributed by atoms with Gasteiger partial charge < -0.3 is 19.7 Å². The van der Waals surface area contributed by atoms with Gasteiger partial charge in [0, 0.05) is 5.70 Å². The van der Waals surface area contributed by atoms with E-state index in [1.165, 1.54) is 0 Å². The molecule has 0 aliphatic carbocycles. The maximum Gasteiger partial charge on any atom is 0.338 e. The molecule has 0 fully saturated rings. The number of aliphatic imine (C=N–C) groups is 1. The molecule has 0 saturated carbocycles. The van der Waals surface area contributed by atoms with Gasteiger partial charge in [-0.1, -0.05) is 60.7 Å². The zero-order valence-electron chi connectivity index (χ0n) is 19.9. The fraction of sp³-hybridized carbons (Fsp3) is 0.296. The van der Waals surface area contributed by atoms with Crippen molar-refractivity contribution in [3.05, 3.63) is 94.3 Å². The van der Waals surface area contributed by atoms with Crippen molar-refractivity contribution in [2.75, 3.05) is 13.2 Å². The van der Waals surface area contributed by atoms with Gasteiger partial charge in [0.25, 0.3) is 0 Å². The maximum atomic E-state index is 13.2. The van der Waals surface area contributed by atoms with Gasteiger partial charge in [-0.25, -0.2) is 14.6 Å². The third kappa shape index (κ3) is 4.21. The quantitative estimate of drug-likeness (QED) is 0.645. The number of nitrogens with one attached hydrogen (secondary N) is 1. The molecule has 2 heterocycles. The first kappa shape index (κ1) is 23.3. The largest absolute Gasteiger partial charge is 0.463 e.